The molecule has 20 heavy (non-hydrogen) atoms. The summed E-state index contributed by atoms with van der Waals surface area (Å²) >= 11 is 0. The number of nitrogens with zero attached hydrogens (tertiary/aromatic N) is 2. The van der Waals surface area contributed by atoms with Gasteiger partial charge in [-0.3, -0.25) is 9.97 Å². The Hall–Kier alpha value is -2.33. The lowest BCUT2D eigenvalue weighted by Crippen LogP contribution is -2.14. The molecule has 3 nitrogen and oxygen atoms in total. The summed E-state index contributed by atoms with van der Waals surface area (Å²) in [6, 6.07) is 10.0. The average molecular weight is 267 g/mol. The van der Waals surface area contributed by atoms with Crippen molar-refractivity contribution in [2.45, 2.75) is 13.0 Å². The second-order valence-electron chi connectivity index (χ2n) is 4.75. The first kappa shape index (κ1) is 12.7. The van der Waals surface area contributed by atoms with Crippen molar-refractivity contribution >= 4 is 11.0 Å². The average Bonchev–Trinajstić information content (AvgIpc) is 2.46. The molecule has 1 heterocycles. The van der Waals surface area contributed by atoms with Gasteiger partial charge in [0.15, 0.2) is 0 Å². The Bertz CT molecular complexity index is 765. The van der Waals surface area contributed by atoms with Crippen molar-refractivity contribution in [2.75, 3.05) is 0 Å². The van der Waals surface area contributed by atoms with Crippen LogP contribution in [0.25, 0.3) is 11.0 Å². The number of nitrogens with two attached hydrogens (primary N) is 1. The van der Waals surface area contributed by atoms with Crippen LogP contribution < -0.4 is 5.73 Å². The first-order chi connectivity index (χ1) is 9.66. The highest BCUT2D eigenvalue weighted by Crippen LogP contribution is 2.27. The summed E-state index contributed by atoms with van der Waals surface area (Å²) in [5.41, 5.74) is 10.6. The van der Waals surface area contributed by atoms with E-state index in [4.69, 9.17) is 5.73 Å². The lowest BCUT2D eigenvalue weighted by Gasteiger charge is -2.16. The molecular weight excluding hydrogens is 253 g/mol. The molecule has 0 saturated heterocycles. The minimum Gasteiger partial charge on any atom is -0.320 e. The van der Waals surface area contributed by atoms with Gasteiger partial charge in [-0.2, -0.15) is 0 Å². The number of rotatable bonds is 2. The van der Waals surface area contributed by atoms with Crippen LogP contribution in [0.4, 0.5) is 4.39 Å². The van der Waals surface area contributed by atoms with Crippen molar-refractivity contribution < 1.29 is 4.39 Å². The second-order valence-corrected chi connectivity index (χ2v) is 4.75. The van der Waals surface area contributed by atoms with Crippen molar-refractivity contribution in [1.82, 2.24) is 9.97 Å². The van der Waals surface area contributed by atoms with Crippen molar-refractivity contribution in [3.63, 3.8) is 0 Å². The van der Waals surface area contributed by atoms with Crippen LogP contribution in [0.2, 0.25) is 0 Å². The second kappa shape index (κ2) is 4.98. The van der Waals surface area contributed by atoms with E-state index in [0.29, 0.717) is 0 Å². The molecule has 2 aromatic carbocycles. The number of aryl methyl sites for hydroxylation is 1. The molecule has 0 bridgehead atoms. The summed E-state index contributed by atoms with van der Waals surface area (Å²) in [4.78, 5) is 8.63. The standard InChI is InChI=1S/C16H14FN3/c1-10-9-11(17)5-6-12(10)15(18)13-3-2-4-14-16(13)20-8-7-19-14/h2-9,15H,18H2,1H3. The zero-order chi connectivity index (χ0) is 14.1. The van der Waals surface area contributed by atoms with E-state index < -0.39 is 0 Å². The minimum atomic E-state index is -0.351. The van der Waals surface area contributed by atoms with Crippen LogP contribution in [0.3, 0.4) is 0 Å². The molecule has 0 spiro atoms. The summed E-state index contributed by atoms with van der Waals surface area (Å²) in [7, 11) is 0. The zero-order valence-electron chi connectivity index (χ0n) is 11.0. The largest absolute Gasteiger partial charge is 0.320 e. The van der Waals surface area contributed by atoms with Crippen LogP contribution in [-0.2, 0) is 0 Å². The smallest absolute Gasteiger partial charge is 0.123 e. The Morgan fingerprint density at radius 1 is 1.05 bits per heavy atom. The number of hydrogen-bond donors (Lipinski definition) is 1. The van der Waals surface area contributed by atoms with E-state index in [1.165, 1.54) is 12.1 Å². The summed E-state index contributed by atoms with van der Waals surface area (Å²) in [6.45, 7) is 1.86. The molecule has 0 aliphatic rings. The van der Waals surface area contributed by atoms with E-state index in [9.17, 15) is 4.39 Å². The van der Waals surface area contributed by atoms with Gasteiger partial charge in [-0.05, 0) is 36.2 Å². The van der Waals surface area contributed by atoms with E-state index in [1.807, 2.05) is 25.1 Å². The Balaban J connectivity index is 2.15. The Labute approximate surface area is 116 Å². The normalized spacial score (nSPS) is 12.6. The fraction of sp³-hybridized carbons (Fsp3) is 0.125. The lowest BCUT2D eigenvalue weighted by molar-refractivity contribution is 0.625. The number of benzene rings is 2. The van der Waals surface area contributed by atoms with Crippen LogP contribution in [0.5, 0.6) is 0 Å². The van der Waals surface area contributed by atoms with E-state index in [1.54, 1.807) is 18.5 Å². The number of halogens is 1. The summed E-state index contributed by atoms with van der Waals surface area (Å²) in [5, 5.41) is 0. The van der Waals surface area contributed by atoms with Gasteiger partial charge in [0.1, 0.15) is 5.82 Å². The van der Waals surface area contributed by atoms with Crippen LogP contribution in [0, 0.1) is 12.7 Å². The molecule has 3 rings (SSSR count). The first-order valence-corrected chi connectivity index (χ1v) is 6.38. The molecule has 1 aromatic heterocycles. The van der Waals surface area contributed by atoms with Crippen LogP contribution in [-0.4, -0.2) is 9.97 Å². The van der Waals surface area contributed by atoms with Crippen molar-refractivity contribution in [3.05, 3.63) is 71.3 Å². The number of hydrogen-bond acceptors (Lipinski definition) is 3. The van der Waals surface area contributed by atoms with Gasteiger partial charge >= 0.3 is 0 Å². The third kappa shape index (κ3) is 2.14. The third-order valence-corrected chi connectivity index (χ3v) is 3.43. The minimum absolute atomic E-state index is 0.254. The molecule has 0 aliphatic carbocycles. The van der Waals surface area contributed by atoms with Gasteiger partial charge in [-0.15, -0.1) is 0 Å². The molecule has 100 valence electrons. The molecule has 3 aromatic rings. The van der Waals surface area contributed by atoms with E-state index in [0.717, 1.165) is 27.7 Å². The Morgan fingerprint density at radius 2 is 1.85 bits per heavy atom. The van der Waals surface area contributed by atoms with Crippen LogP contribution in [0.15, 0.2) is 48.8 Å². The molecule has 1 unspecified atom stereocenters. The highest BCUT2D eigenvalue weighted by atomic mass is 19.1. The highest BCUT2D eigenvalue weighted by Gasteiger charge is 2.15. The summed E-state index contributed by atoms with van der Waals surface area (Å²) in [6.07, 6.45) is 3.30. The fourth-order valence-corrected chi connectivity index (χ4v) is 2.42. The molecule has 0 fully saturated rings. The van der Waals surface area contributed by atoms with Gasteiger partial charge in [0.2, 0.25) is 0 Å². The topological polar surface area (TPSA) is 51.8 Å². The highest BCUT2D eigenvalue weighted by molar-refractivity contribution is 5.78. The Morgan fingerprint density at radius 3 is 2.65 bits per heavy atom. The quantitative estimate of drug-likeness (QED) is 0.776. The van der Waals surface area contributed by atoms with Crippen molar-refractivity contribution in [1.29, 1.82) is 0 Å². The third-order valence-electron chi connectivity index (χ3n) is 3.43. The van der Waals surface area contributed by atoms with Crippen molar-refractivity contribution in [3.8, 4) is 0 Å². The lowest BCUT2D eigenvalue weighted by atomic mass is 9.94. The molecular formula is C16H14FN3. The van der Waals surface area contributed by atoms with Crippen LogP contribution >= 0.6 is 0 Å². The van der Waals surface area contributed by atoms with E-state index in [-0.39, 0.29) is 11.9 Å². The van der Waals surface area contributed by atoms with E-state index in [2.05, 4.69) is 9.97 Å². The Kier molecular flexibility index (Phi) is 3.16. The molecule has 4 heteroatoms. The van der Waals surface area contributed by atoms with Gasteiger partial charge in [0.25, 0.3) is 0 Å². The zero-order valence-corrected chi connectivity index (χ0v) is 11.0. The van der Waals surface area contributed by atoms with Gasteiger partial charge in [0, 0.05) is 18.0 Å². The van der Waals surface area contributed by atoms with Gasteiger partial charge in [-0.1, -0.05) is 18.2 Å². The number of aromatic nitrogens is 2. The molecule has 0 saturated carbocycles. The van der Waals surface area contributed by atoms with Gasteiger partial charge < -0.3 is 5.73 Å². The molecule has 0 radical (unpaired) electrons. The summed E-state index contributed by atoms with van der Waals surface area (Å²) < 4.78 is 13.2. The SMILES string of the molecule is Cc1cc(F)ccc1C(N)c1cccc2nccnc12. The van der Waals surface area contributed by atoms with Gasteiger partial charge in [-0.25, -0.2) is 4.39 Å². The number of fused-ring (bicyclic) bond motifs is 1. The first-order valence-electron chi connectivity index (χ1n) is 6.38. The maximum atomic E-state index is 13.2. The molecule has 0 aliphatic heterocycles. The molecule has 2 N–H and O–H groups in total. The molecule has 0 amide bonds. The van der Waals surface area contributed by atoms with E-state index >= 15 is 0 Å². The predicted octanol–water partition coefficient (Wildman–Crippen LogP) is 3.13. The van der Waals surface area contributed by atoms with Gasteiger partial charge in [0.05, 0.1) is 17.1 Å². The van der Waals surface area contributed by atoms with Crippen molar-refractivity contribution in [2.24, 2.45) is 5.73 Å². The maximum absolute atomic E-state index is 13.2. The van der Waals surface area contributed by atoms with Crippen LogP contribution in [0.1, 0.15) is 22.7 Å². The fourth-order valence-electron chi connectivity index (χ4n) is 2.42. The summed E-state index contributed by atoms with van der Waals surface area (Å²) in [5.74, 6) is -0.254. The number of para-hydroxylation sites is 1. The predicted molar refractivity (Wildman–Crippen MR) is 76.7 cm³/mol. The monoisotopic (exact) mass is 267 g/mol. The maximum Gasteiger partial charge on any atom is 0.123 e. The molecule has 1 atom stereocenters.